The minimum absolute atomic E-state index is 0.117. The Kier molecular flexibility index (Phi) is 15.7. The molecule has 0 saturated carbocycles. The summed E-state index contributed by atoms with van der Waals surface area (Å²) in [5.74, 6) is -4.74. The molecule has 6 N–H and O–H groups in total. The van der Waals surface area contributed by atoms with Crippen molar-refractivity contribution in [3.05, 3.63) is 58.0 Å². The zero-order chi connectivity index (χ0) is 29.5. The van der Waals surface area contributed by atoms with Crippen molar-refractivity contribution in [3.8, 4) is 0 Å². The van der Waals surface area contributed by atoms with Gasteiger partial charge in [0.1, 0.15) is 13.2 Å². The molecule has 2 aromatic rings. The number of rotatable bonds is 8. The summed E-state index contributed by atoms with van der Waals surface area (Å²) in [6.07, 6.45) is 0. The molecule has 18 heteroatoms. The van der Waals surface area contributed by atoms with Crippen LogP contribution in [0.2, 0.25) is 0 Å². The molecule has 0 unspecified atom stereocenters. The summed E-state index contributed by atoms with van der Waals surface area (Å²) >= 11 is 25.5. The minimum Gasteiger partial charge on any atom is -0.478 e. The molecule has 2 aromatic carbocycles. The summed E-state index contributed by atoms with van der Waals surface area (Å²) < 4.78 is 12.2. The maximum Gasteiger partial charge on any atom is 0.340 e. The third-order valence-electron chi connectivity index (χ3n) is 4.09. The molecular formula is C20H14Br8N2O8. The Morgan fingerprint density at radius 2 is 0.737 bits per heavy atom. The van der Waals surface area contributed by atoms with Gasteiger partial charge in [0.05, 0.1) is 22.3 Å². The second kappa shape index (κ2) is 16.5. The molecule has 0 atom stereocenters. The number of benzene rings is 2. The van der Waals surface area contributed by atoms with E-state index >= 15 is 0 Å². The van der Waals surface area contributed by atoms with Crippen LogP contribution in [-0.4, -0.2) is 60.4 Å². The molecule has 0 amide bonds. The van der Waals surface area contributed by atoms with Crippen LogP contribution in [0.25, 0.3) is 0 Å². The summed E-state index contributed by atoms with van der Waals surface area (Å²) in [4.78, 5) is 48.7. The zero-order valence-electron chi connectivity index (χ0n) is 18.4. The molecule has 0 saturated heterocycles. The molecule has 38 heavy (non-hydrogen) atoms. The van der Waals surface area contributed by atoms with Gasteiger partial charge in [0.15, 0.2) is 0 Å². The van der Waals surface area contributed by atoms with Crippen molar-refractivity contribution in [2.45, 2.75) is 0 Å². The Morgan fingerprint density at radius 1 is 0.500 bits per heavy atom. The van der Waals surface area contributed by atoms with E-state index in [1.165, 1.54) is 0 Å². The average molecular weight is 1050 g/mol. The number of ether oxygens (including phenoxy) is 2. The SMILES string of the molecule is NCCN.O=C(O)c1c(Br)c(Br)c(Br)c(Br)c1C(=O)OCCOC(=O)c1c(Br)c(Br)c(Br)c(Br)c1C(=O)O. The van der Waals surface area contributed by atoms with Crippen LogP contribution in [0.15, 0.2) is 35.8 Å². The fourth-order valence-electron chi connectivity index (χ4n) is 2.46. The molecule has 0 fully saturated rings. The summed E-state index contributed by atoms with van der Waals surface area (Å²) in [6, 6.07) is 0. The summed E-state index contributed by atoms with van der Waals surface area (Å²) in [5.41, 5.74) is 8.59. The highest BCUT2D eigenvalue weighted by atomic mass is 79.9. The van der Waals surface area contributed by atoms with E-state index in [9.17, 15) is 29.4 Å². The number of carboxylic acids is 2. The second-order valence-corrected chi connectivity index (χ2v) is 12.8. The first kappa shape index (κ1) is 36.1. The molecule has 0 spiro atoms. The van der Waals surface area contributed by atoms with Crippen molar-refractivity contribution in [3.63, 3.8) is 0 Å². The Labute approximate surface area is 282 Å². The fourth-order valence-corrected chi connectivity index (χ4v) is 7.36. The number of esters is 2. The first-order valence-electron chi connectivity index (χ1n) is 9.58. The van der Waals surface area contributed by atoms with E-state index in [1.54, 1.807) is 0 Å². The number of aromatic carboxylic acids is 2. The van der Waals surface area contributed by atoms with E-state index < -0.39 is 37.1 Å². The van der Waals surface area contributed by atoms with Crippen molar-refractivity contribution >= 4 is 151 Å². The van der Waals surface area contributed by atoms with E-state index in [0.29, 0.717) is 31.0 Å². The molecule has 208 valence electrons. The Morgan fingerprint density at radius 3 is 0.947 bits per heavy atom. The second-order valence-electron chi connectivity index (χ2n) is 6.47. The highest BCUT2D eigenvalue weighted by Gasteiger charge is 2.30. The monoisotopic (exact) mass is 1040 g/mol. The third-order valence-corrected chi connectivity index (χ3v) is 13.6. The molecular weight excluding hydrogens is 1040 g/mol. The van der Waals surface area contributed by atoms with Crippen LogP contribution in [0.4, 0.5) is 0 Å². The highest BCUT2D eigenvalue weighted by Crippen LogP contribution is 2.43. The maximum absolute atomic E-state index is 12.6. The molecule has 0 radical (unpaired) electrons. The number of carbonyl (C=O) groups excluding carboxylic acids is 2. The van der Waals surface area contributed by atoms with Gasteiger partial charge in [-0.1, -0.05) is 0 Å². The predicted octanol–water partition coefficient (Wildman–Crippen LogP) is 7.10. The van der Waals surface area contributed by atoms with Gasteiger partial charge in [-0.25, -0.2) is 19.2 Å². The van der Waals surface area contributed by atoms with E-state index in [1.807, 2.05) is 0 Å². The van der Waals surface area contributed by atoms with Crippen molar-refractivity contribution < 1.29 is 38.9 Å². The fraction of sp³-hybridized carbons (Fsp3) is 0.200. The normalized spacial score (nSPS) is 10.4. The Hall–Kier alpha value is 0.0800. The lowest BCUT2D eigenvalue weighted by atomic mass is 10.1. The van der Waals surface area contributed by atoms with Crippen LogP contribution in [0.1, 0.15) is 41.4 Å². The maximum atomic E-state index is 12.6. The lowest BCUT2D eigenvalue weighted by Crippen LogP contribution is -2.19. The van der Waals surface area contributed by atoms with Gasteiger partial charge in [0.25, 0.3) is 0 Å². The highest BCUT2D eigenvalue weighted by molar-refractivity contribution is 9.15. The van der Waals surface area contributed by atoms with Gasteiger partial charge in [0.2, 0.25) is 0 Å². The molecule has 10 nitrogen and oxygen atoms in total. The summed E-state index contributed by atoms with van der Waals surface area (Å²) in [6.45, 7) is 0.334. The number of hydrogen-bond acceptors (Lipinski definition) is 8. The van der Waals surface area contributed by atoms with Gasteiger partial charge in [0, 0.05) is 48.9 Å². The van der Waals surface area contributed by atoms with Crippen molar-refractivity contribution in [2.75, 3.05) is 26.3 Å². The van der Waals surface area contributed by atoms with Gasteiger partial charge in [-0.05, 0) is 127 Å². The quantitative estimate of drug-likeness (QED) is 0.0923. The third kappa shape index (κ3) is 8.55. The van der Waals surface area contributed by atoms with Crippen LogP contribution < -0.4 is 11.5 Å². The van der Waals surface area contributed by atoms with E-state index in [2.05, 4.69) is 127 Å². The van der Waals surface area contributed by atoms with Gasteiger partial charge in [-0.3, -0.25) is 0 Å². The van der Waals surface area contributed by atoms with Gasteiger partial charge in [-0.15, -0.1) is 0 Å². The number of carbonyl (C=O) groups is 4. The molecule has 2 rings (SSSR count). The molecule has 0 aliphatic carbocycles. The Bertz CT molecular complexity index is 1190. The van der Waals surface area contributed by atoms with E-state index in [-0.39, 0.29) is 40.1 Å². The standard InChI is InChI=1S/C18H6Br8O8.C2H8N2/c19-7-3(15(27)28)5(9(21)13(25)11(7)23)17(31)33-1-2-34-18(32)6-4(16(29)30)8(20)12(24)14(26)10(6)22;3-1-2-4/h1-2H2,(H,27,28)(H,29,30);1-4H2. The minimum atomic E-state index is -1.38. The molecule has 0 bridgehead atoms. The average Bonchev–Trinajstić information content (AvgIpc) is 2.87. The van der Waals surface area contributed by atoms with Crippen LogP contribution in [0, 0.1) is 0 Å². The first-order chi connectivity index (χ1) is 17.6. The zero-order valence-corrected chi connectivity index (χ0v) is 31.0. The number of hydrogen-bond donors (Lipinski definition) is 4. The lowest BCUT2D eigenvalue weighted by molar-refractivity contribution is 0.0261. The van der Waals surface area contributed by atoms with E-state index in [4.69, 9.17) is 20.9 Å². The van der Waals surface area contributed by atoms with Crippen LogP contribution in [0.5, 0.6) is 0 Å². The van der Waals surface area contributed by atoms with Crippen LogP contribution >= 0.6 is 127 Å². The van der Waals surface area contributed by atoms with Crippen LogP contribution in [0.3, 0.4) is 0 Å². The van der Waals surface area contributed by atoms with Gasteiger partial charge in [-0.2, -0.15) is 0 Å². The molecule has 0 aromatic heterocycles. The largest absolute Gasteiger partial charge is 0.478 e. The van der Waals surface area contributed by atoms with Crippen molar-refractivity contribution in [1.29, 1.82) is 0 Å². The molecule has 0 heterocycles. The van der Waals surface area contributed by atoms with E-state index in [0.717, 1.165) is 0 Å². The van der Waals surface area contributed by atoms with Gasteiger partial charge < -0.3 is 31.2 Å². The summed E-state index contributed by atoms with van der Waals surface area (Å²) in [5, 5.41) is 19.1. The van der Waals surface area contributed by atoms with Gasteiger partial charge >= 0.3 is 23.9 Å². The number of halogens is 8. The first-order valence-corrected chi connectivity index (χ1v) is 15.9. The van der Waals surface area contributed by atoms with Crippen molar-refractivity contribution in [2.24, 2.45) is 11.5 Å². The number of carboxylic acid groups (broad SMARTS) is 2. The molecule has 0 aliphatic rings. The Balaban J connectivity index is 0.00000168. The predicted molar refractivity (Wildman–Crippen MR) is 167 cm³/mol. The summed E-state index contributed by atoms with van der Waals surface area (Å²) in [7, 11) is 0. The topological polar surface area (TPSA) is 179 Å². The van der Waals surface area contributed by atoms with Crippen LogP contribution in [-0.2, 0) is 9.47 Å². The molecule has 0 aliphatic heterocycles. The van der Waals surface area contributed by atoms with Crippen molar-refractivity contribution in [1.82, 2.24) is 0 Å². The lowest BCUT2D eigenvalue weighted by Gasteiger charge is -2.15. The smallest absolute Gasteiger partial charge is 0.340 e. The number of nitrogens with two attached hydrogens (primary N) is 2.